The fourth-order valence-electron chi connectivity index (χ4n) is 2.90. The summed E-state index contributed by atoms with van der Waals surface area (Å²) in [5, 5.41) is 4.17. The normalized spacial score (nSPS) is 11.7. The van der Waals surface area contributed by atoms with Crippen molar-refractivity contribution in [3.8, 4) is 11.3 Å². The van der Waals surface area contributed by atoms with Crippen molar-refractivity contribution in [2.24, 2.45) is 0 Å². The summed E-state index contributed by atoms with van der Waals surface area (Å²) in [4.78, 5) is 4.62. The highest BCUT2D eigenvalue weighted by Gasteiger charge is 2.31. The number of nitrogens with one attached hydrogen (secondary N) is 1. The van der Waals surface area contributed by atoms with Gasteiger partial charge in [-0.1, -0.05) is 50.1 Å². The van der Waals surface area contributed by atoms with Crippen LogP contribution in [-0.2, 0) is 6.18 Å². The molecule has 2 aromatic carbocycles. The van der Waals surface area contributed by atoms with Gasteiger partial charge >= 0.3 is 6.18 Å². The Hall–Kier alpha value is -2.56. The lowest BCUT2D eigenvalue weighted by atomic mass is 10.0. The van der Waals surface area contributed by atoms with Crippen LogP contribution in [0.3, 0.4) is 0 Å². The van der Waals surface area contributed by atoms with Crippen LogP contribution in [0.4, 0.5) is 18.9 Å². The van der Waals surface area contributed by atoms with Crippen LogP contribution in [0.5, 0.6) is 0 Å². The summed E-state index contributed by atoms with van der Waals surface area (Å²) in [5.41, 5.74) is 1.98. The number of alkyl halides is 3. The molecule has 0 bridgehead atoms. The number of anilines is 1. The first-order chi connectivity index (χ1) is 12.5. The average molecular weight is 358 g/mol. The van der Waals surface area contributed by atoms with Gasteiger partial charge in [0.1, 0.15) is 0 Å². The minimum absolute atomic E-state index is 0.471. The van der Waals surface area contributed by atoms with Crippen molar-refractivity contribution in [2.75, 3.05) is 11.9 Å². The van der Waals surface area contributed by atoms with Gasteiger partial charge in [-0.2, -0.15) is 13.2 Å². The maximum Gasteiger partial charge on any atom is 0.416 e. The molecule has 0 unspecified atom stereocenters. The molecule has 2 nitrogen and oxygen atoms in total. The van der Waals surface area contributed by atoms with Crippen LogP contribution in [0.25, 0.3) is 22.2 Å². The third-order valence-electron chi connectivity index (χ3n) is 4.32. The number of para-hydroxylation sites is 1. The van der Waals surface area contributed by atoms with Gasteiger partial charge in [0.15, 0.2) is 0 Å². The molecule has 0 radical (unpaired) electrons. The zero-order chi connectivity index (χ0) is 18.6. The van der Waals surface area contributed by atoms with Gasteiger partial charge in [-0.3, -0.25) is 0 Å². The molecule has 0 aliphatic heterocycles. The van der Waals surface area contributed by atoms with Crippen molar-refractivity contribution < 1.29 is 13.2 Å². The lowest BCUT2D eigenvalue weighted by Crippen LogP contribution is -2.08. The molecule has 26 heavy (non-hydrogen) atoms. The first kappa shape index (κ1) is 18.2. The molecule has 0 atom stereocenters. The van der Waals surface area contributed by atoms with E-state index in [1.807, 2.05) is 36.4 Å². The van der Waals surface area contributed by atoms with Crippen LogP contribution in [0, 0.1) is 0 Å². The van der Waals surface area contributed by atoms with Crippen molar-refractivity contribution in [3.63, 3.8) is 0 Å². The predicted molar refractivity (Wildman–Crippen MR) is 100 cm³/mol. The molecular formula is C21H21F3N2. The Bertz CT molecular complexity index is 888. The van der Waals surface area contributed by atoms with E-state index in [1.165, 1.54) is 12.1 Å². The first-order valence-electron chi connectivity index (χ1n) is 8.80. The molecule has 1 aromatic heterocycles. The van der Waals surface area contributed by atoms with Gasteiger partial charge in [0.05, 0.1) is 16.8 Å². The Kier molecular flexibility index (Phi) is 5.45. The SMILES string of the molecule is CCCCCNc1cc(C(F)(F)F)ccc1-c1ccc2ccccc2n1. The van der Waals surface area contributed by atoms with Crippen molar-refractivity contribution >= 4 is 16.6 Å². The number of nitrogens with zero attached hydrogens (tertiary/aromatic N) is 1. The first-order valence-corrected chi connectivity index (χ1v) is 8.80. The Labute approximate surface area is 151 Å². The third kappa shape index (κ3) is 4.15. The largest absolute Gasteiger partial charge is 0.416 e. The second-order valence-electron chi connectivity index (χ2n) is 6.28. The van der Waals surface area contributed by atoms with E-state index in [0.29, 0.717) is 23.5 Å². The average Bonchev–Trinajstić information content (AvgIpc) is 2.64. The molecule has 0 aliphatic carbocycles. The highest BCUT2D eigenvalue weighted by molar-refractivity contribution is 5.84. The van der Waals surface area contributed by atoms with Crippen LogP contribution in [0.1, 0.15) is 31.7 Å². The van der Waals surface area contributed by atoms with Gasteiger partial charge in [-0.15, -0.1) is 0 Å². The summed E-state index contributed by atoms with van der Waals surface area (Å²) >= 11 is 0. The highest BCUT2D eigenvalue weighted by atomic mass is 19.4. The summed E-state index contributed by atoms with van der Waals surface area (Å²) in [6.07, 6.45) is -1.36. The van der Waals surface area contributed by atoms with Crippen molar-refractivity contribution in [1.29, 1.82) is 0 Å². The third-order valence-corrected chi connectivity index (χ3v) is 4.32. The van der Waals surface area contributed by atoms with Crippen LogP contribution < -0.4 is 5.32 Å². The number of pyridine rings is 1. The minimum atomic E-state index is -4.37. The fourth-order valence-corrected chi connectivity index (χ4v) is 2.90. The molecule has 3 rings (SSSR count). The van der Waals surface area contributed by atoms with E-state index < -0.39 is 11.7 Å². The Balaban J connectivity index is 2.00. The van der Waals surface area contributed by atoms with Crippen LogP contribution in [0.2, 0.25) is 0 Å². The molecule has 1 N–H and O–H groups in total. The molecule has 0 amide bonds. The Morgan fingerprint density at radius 2 is 1.77 bits per heavy atom. The Morgan fingerprint density at radius 3 is 2.54 bits per heavy atom. The lowest BCUT2D eigenvalue weighted by molar-refractivity contribution is -0.137. The summed E-state index contributed by atoms with van der Waals surface area (Å²) in [5.74, 6) is 0. The number of hydrogen-bond acceptors (Lipinski definition) is 2. The van der Waals surface area contributed by atoms with E-state index in [-0.39, 0.29) is 0 Å². The van der Waals surface area contributed by atoms with E-state index in [9.17, 15) is 13.2 Å². The molecule has 0 fully saturated rings. The van der Waals surface area contributed by atoms with Gasteiger partial charge in [-0.25, -0.2) is 4.98 Å². The molecular weight excluding hydrogens is 337 g/mol. The second kappa shape index (κ2) is 7.77. The molecule has 0 aliphatic rings. The van der Waals surface area contributed by atoms with Crippen molar-refractivity contribution in [2.45, 2.75) is 32.4 Å². The molecule has 0 spiro atoms. The van der Waals surface area contributed by atoms with Crippen LogP contribution in [0.15, 0.2) is 54.6 Å². The molecule has 5 heteroatoms. The van der Waals surface area contributed by atoms with Gasteiger partial charge in [0.2, 0.25) is 0 Å². The quantitative estimate of drug-likeness (QED) is 0.507. The number of fused-ring (bicyclic) bond motifs is 1. The van der Waals surface area contributed by atoms with Gasteiger partial charge in [0, 0.05) is 23.2 Å². The van der Waals surface area contributed by atoms with Gasteiger partial charge < -0.3 is 5.32 Å². The number of halogens is 3. The topological polar surface area (TPSA) is 24.9 Å². The molecule has 0 saturated heterocycles. The van der Waals surface area contributed by atoms with E-state index >= 15 is 0 Å². The number of aromatic nitrogens is 1. The fraction of sp³-hybridized carbons (Fsp3) is 0.286. The number of unbranched alkanes of at least 4 members (excludes halogenated alkanes) is 2. The minimum Gasteiger partial charge on any atom is -0.384 e. The molecule has 3 aromatic rings. The standard InChI is InChI=1S/C21H21F3N2/c1-2-3-6-13-25-20-14-16(21(22,23)24)10-11-17(20)19-12-9-15-7-4-5-8-18(15)26-19/h4-5,7-12,14,25H,2-3,6,13H2,1H3. The van der Waals surface area contributed by atoms with E-state index in [2.05, 4.69) is 17.2 Å². The zero-order valence-corrected chi connectivity index (χ0v) is 14.6. The molecule has 136 valence electrons. The van der Waals surface area contributed by atoms with Crippen molar-refractivity contribution in [3.05, 3.63) is 60.2 Å². The predicted octanol–water partition coefficient (Wildman–Crippen LogP) is 6.52. The van der Waals surface area contributed by atoms with Gasteiger partial charge in [0.25, 0.3) is 0 Å². The summed E-state index contributed by atoms with van der Waals surface area (Å²) in [7, 11) is 0. The van der Waals surface area contributed by atoms with E-state index in [0.717, 1.165) is 36.2 Å². The highest BCUT2D eigenvalue weighted by Crippen LogP contribution is 2.35. The van der Waals surface area contributed by atoms with Crippen LogP contribution >= 0.6 is 0 Å². The number of rotatable bonds is 6. The summed E-state index contributed by atoms with van der Waals surface area (Å²) in [6.45, 7) is 2.73. The molecule has 1 heterocycles. The van der Waals surface area contributed by atoms with E-state index in [1.54, 1.807) is 0 Å². The smallest absolute Gasteiger partial charge is 0.384 e. The van der Waals surface area contributed by atoms with E-state index in [4.69, 9.17) is 0 Å². The monoisotopic (exact) mass is 358 g/mol. The van der Waals surface area contributed by atoms with Crippen molar-refractivity contribution in [1.82, 2.24) is 4.98 Å². The van der Waals surface area contributed by atoms with Gasteiger partial charge in [-0.05, 0) is 30.7 Å². The summed E-state index contributed by atoms with van der Waals surface area (Å²) < 4.78 is 39.3. The second-order valence-corrected chi connectivity index (χ2v) is 6.28. The molecule has 0 saturated carbocycles. The maximum atomic E-state index is 13.1. The van der Waals surface area contributed by atoms with Crippen LogP contribution in [-0.4, -0.2) is 11.5 Å². The number of hydrogen-bond donors (Lipinski definition) is 1. The maximum absolute atomic E-state index is 13.1. The lowest BCUT2D eigenvalue weighted by Gasteiger charge is -2.15. The number of benzene rings is 2. The zero-order valence-electron chi connectivity index (χ0n) is 14.6. The summed E-state index contributed by atoms with van der Waals surface area (Å²) in [6, 6.07) is 15.3. The Morgan fingerprint density at radius 1 is 0.962 bits per heavy atom.